The van der Waals surface area contributed by atoms with Crippen molar-refractivity contribution in [3.63, 3.8) is 0 Å². The van der Waals surface area contributed by atoms with Crippen molar-refractivity contribution in [2.75, 3.05) is 11.4 Å². The highest BCUT2D eigenvalue weighted by Gasteiger charge is 2.33. The summed E-state index contributed by atoms with van der Waals surface area (Å²) in [6.45, 7) is 3.98. The summed E-state index contributed by atoms with van der Waals surface area (Å²) in [5, 5.41) is 12.0. The fourth-order valence-electron chi connectivity index (χ4n) is 2.35. The number of fused-ring (bicyclic) bond motifs is 1. The van der Waals surface area contributed by atoms with Crippen LogP contribution in [0.4, 0.5) is 10.5 Å². The Hall–Kier alpha value is -2.24. The molecular weight excluding hydrogens is 272 g/mol. The summed E-state index contributed by atoms with van der Waals surface area (Å²) in [7, 11) is 0. The molecule has 2 N–H and O–H groups in total. The summed E-state index contributed by atoms with van der Waals surface area (Å²) in [5.41, 5.74) is 0.594. The lowest BCUT2D eigenvalue weighted by Crippen LogP contribution is -2.52. The molecule has 0 saturated heterocycles. The van der Waals surface area contributed by atoms with E-state index in [2.05, 4.69) is 5.32 Å². The quantitative estimate of drug-likeness (QED) is 0.892. The number of aliphatic carboxylic acids is 1. The number of nitrogens with zero attached hydrogens (tertiary/aromatic N) is 1. The summed E-state index contributed by atoms with van der Waals surface area (Å²) in [6.07, 6.45) is 0.797. The van der Waals surface area contributed by atoms with Crippen LogP contribution in [-0.2, 0) is 4.79 Å². The van der Waals surface area contributed by atoms with Gasteiger partial charge in [-0.3, -0.25) is 4.90 Å². The molecule has 0 fully saturated rings. The minimum Gasteiger partial charge on any atom is -0.478 e. The first kappa shape index (κ1) is 15.2. The van der Waals surface area contributed by atoms with Gasteiger partial charge in [-0.25, -0.2) is 9.59 Å². The monoisotopic (exact) mass is 292 g/mol. The number of nitrogens with one attached hydrogen (secondary N) is 1. The van der Waals surface area contributed by atoms with E-state index in [1.807, 2.05) is 13.8 Å². The molecule has 0 saturated carbocycles. The van der Waals surface area contributed by atoms with Crippen LogP contribution in [0.3, 0.4) is 0 Å². The first-order chi connectivity index (χ1) is 10.0. The predicted molar refractivity (Wildman–Crippen MR) is 78.7 cm³/mol. The van der Waals surface area contributed by atoms with Gasteiger partial charge in [-0.1, -0.05) is 25.5 Å². The SMILES string of the molecule is CCCC(C)NC(=O)N1CC(C(=O)O)Oc2ccccc21. The van der Waals surface area contributed by atoms with E-state index in [-0.39, 0.29) is 18.6 Å². The van der Waals surface area contributed by atoms with E-state index >= 15 is 0 Å². The largest absolute Gasteiger partial charge is 0.478 e. The maximum atomic E-state index is 12.4. The number of carbonyl (C=O) groups is 2. The Morgan fingerprint density at radius 1 is 1.48 bits per heavy atom. The lowest BCUT2D eigenvalue weighted by Gasteiger charge is -2.33. The van der Waals surface area contributed by atoms with Gasteiger partial charge in [0.1, 0.15) is 5.75 Å². The van der Waals surface area contributed by atoms with E-state index in [1.54, 1.807) is 24.3 Å². The molecule has 1 aliphatic rings. The molecule has 0 spiro atoms. The highest BCUT2D eigenvalue weighted by Crippen LogP contribution is 2.33. The Labute approximate surface area is 123 Å². The molecule has 1 aliphatic heterocycles. The first-order valence-corrected chi connectivity index (χ1v) is 7.09. The van der Waals surface area contributed by atoms with Crippen LogP contribution in [0.15, 0.2) is 24.3 Å². The van der Waals surface area contributed by atoms with Crippen molar-refractivity contribution in [2.45, 2.75) is 38.8 Å². The van der Waals surface area contributed by atoms with Crippen LogP contribution in [0, 0.1) is 0 Å². The van der Waals surface area contributed by atoms with E-state index in [9.17, 15) is 9.59 Å². The van der Waals surface area contributed by atoms with Crippen LogP contribution < -0.4 is 15.0 Å². The average Bonchev–Trinajstić information content (AvgIpc) is 2.46. The van der Waals surface area contributed by atoms with E-state index in [1.165, 1.54) is 4.90 Å². The van der Waals surface area contributed by atoms with E-state index in [0.717, 1.165) is 12.8 Å². The number of benzene rings is 1. The molecule has 1 aromatic rings. The molecule has 0 aromatic heterocycles. The third kappa shape index (κ3) is 3.45. The van der Waals surface area contributed by atoms with Gasteiger partial charge in [0.15, 0.2) is 0 Å². The molecule has 0 radical (unpaired) electrons. The highest BCUT2D eigenvalue weighted by atomic mass is 16.5. The number of rotatable bonds is 4. The van der Waals surface area contributed by atoms with Crippen LogP contribution in [0.2, 0.25) is 0 Å². The summed E-state index contributed by atoms with van der Waals surface area (Å²) < 4.78 is 5.41. The Balaban J connectivity index is 2.20. The summed E-state index contributed by atoms with van der Waals surface area (Å²) in [4.78, 5) is 25.0. The molecule has 0 aliphatic carbocycles. The number of ether oxygens (including phenoxy) is 1. The molecule has 0 bridgehead atoms. The van der Waals surface area contributed by atoms with Crippen molar-refractivity contribution in [1.82, 2.24) is 5.32 Å². The summed E-state index contributed by atoms with van der Waals surface area (Å²) >= 11 is 0. The minimum absolute atomic E-state index is 0.00295. The number of anilines is 1. The second-order valence-corrected chi connectivity index (χ2v) is 5.16. The van der Waals surface area contributed by atoms with Crippen LogP contribution in [0.25, 0.3) is 0 Å². The lowest BCUT2D eigenvalue weighted by molar-refractivity contribution is -0.144. The predicted octanol–water partition coefficient (Wildman–Crippen LogP) is 2.24. The fourth-order valence-corrected chi connectivity index (χ4v) is 2.35. The number of urea groups is 1. The Morgan fingerprint density at radius 2 is 2.19 bits per heavy atom. The van der Waals surface area contributed by atoms with Gasteiger partial charge in [-0.15, -0.1) is 0 Å². The number of amides is 2. The molecule has 114 valence electrons. The number of carboxylic acid groups (broad SMARTS) is 1. The molecule has 2 unspecified atom stereocenters. The Morgan fingerprint density at radius 3 is 2.86 bits per heavy atom. The van der Waals surface area contributed by atoms with Crippen LogP contribution in [0.1, 0.15) is 26.7 Å². The van der Waals surface area contributed by atoms with Crippen molar-refractivity contribution in [1.29, 1.82) is 0 Å². The lowest BCUT2D eigenvalue weighted by atomic mass is 10.2. The third-order valence-electron chi connectivity index (χ3n) is 3.39. The number of carboxylic acids is 1. The van der Waals surface area contributed by atoms with E-state index in [0.29, 0.717) is 11.4 Å². The molecule has 21 heavy (non-hydrogen) atoms. The number of para-hydroxylation sites is 2. The van der Waals surface area contributed by atoms with Crippen molar-refractivity contribution in [3.8, 4) is 5.75 Å². The number of hydrogen-bond donors (Lipinski definition) is 2. The van der Waals surface area contributed by atoms with Gasteiger partial charge in [0, 0.05) is 6.04 Å². The molecule has 2 amide bonds. The minimum atomic E-state index is -1.08. The van der Waals surface area contributed by atoms with Gasteiger partial charge >= 0.3 is 12.0 Å². The molecule has 6 nitrogen and oxygen atoms in total. The van der Waals surface area contributed by atoms with Crippen LogP contribution in [-0.4, -0.2) is 35.8 Å². The molecule has 1 heterocycles. The van der Waals surface area contributed by atoms with Crippen LogP contribution >= 0.6 is 0 Å². The topological polar surface area (TPSA) is 78.9 Å². The molecule has 2 atom stereocenters. The van der Waals surface area contributed by atoms with Gasteiger partial charge in [0.25, 0.3) is 0 Å². The van der Waals surface area contributed by atoms with E-state index in [4.69, 9.17) is 9.84 Å². The van der Waals surface area contributed by atoms with Crippen molar-refractivity contribution in [2.24, 2.45) is 0 Å². The normalized spacial score (nSPS) is 18.4. The summed E-state index contributed by atoms with van der Waals surface area (Å²) in [5.74, 6) is -0.668. The Kier molecular flexibility index (Phi) is 4.67. The summed E-state index contributed by atoms with van der Waals surface area (Å²) in [6, 6.07) is 6.70. The highest BCUT2D eigenvalue weighted by molar-refractivity contribution is 5.95. The molecule has 2 rings (SSSR count). The van der Waals surface area contributed by atoms with Gasteiger partial charge < -0.3 is 15.2 Å². The fraction of sp³-hybridized carbons (Fsp3) is 0.467. The third-order valence-corrected chi connectivity index (χ3v) is 3.39. The Bertz CT molecular complexity index is 532. The number of hydrogen-bond acceptors (Lipinski definition) is 3. The second kappa shape index (κ2) is 6.47. The van der Waals surface area contributed by atoms with Crippen molar-refractivity contribution >= 4 is 17.7 Å². The maximum Gasteiger partial charge on any atom is 0.346 e. The van der Waals surface area contributed by atoms with Crippen molar-refractivity contribution in [3.05, 3.63) is 24.3 Å². The van der Waals surface area contributed by atoms with Crippen LogP contribution in [0.5, 0.6) is 5.75 Å². The number of carbonyl (C=O) groups excluding carboxylic acids is 1. The van der Waals surface area contributed by atoms with E-state index < -0.39 is 12.1 Å². The molecule has 1 aromatic carbocycles. The van der Waals surface area contributed by atoms with Gasteiger partial charge in [-0.05, 0) is 25.5 Å². The zero-order chi connectivity index (χ0) is 15.4. The van der Waals surface area contributed by atoms with Crippen molar-refractivity contribution < 1.29 is 19.4 Å². The average molecular weight is 292 g/mol. The first-order valence-electron chi connectivity index (χ1n) is 7.09. The smallest absolute Gasteiger partial charge is 0.346 e. The maximum absolute atomic E-state index is 12.4. The zero-order valence-electron chi connectivity index (χ0n) is 12.2. The van der Waals surface area contributed by atoms with Gasteiger partial charge in [-0.2, -0.15) is 0 Å². The molecule has 6 heteroatoms. The van der Waals surface area contributed by atoms with Gasteiger partial charge in [0.05, 0.1) is 12.2 Å². The van der Waals surface area contributed by atoms with Gasteiger partial charge in [0.2, 0.25) is 6.10 Å². The standard InChI is InChI=1S/C15H20N2O4/c1-3-6-10(2)16-15(20)17-9-13(14(18)19)21-12-8-5-4-7-11(12)17/h4-5,7-8,10,13H,3,6,9H2,1-2H3,(H,16,20)(H,18,19). The zero-order valence-corrected chi connectivity index (χ0v) is 12.2. The molecular formula is C15H20N2O4. The second-order valence-electron chi connectivity index (χ2n) is 5.16.